The molecule has 2 fully saturated rings. The fraction of sp³-hybridized carbons (Fsp3) is 0.556. The fourth-order valence-electron chi connectivity index (χ4n) is 3.69. The molecule has 0 bridgehead atoms. The minimum absolute atomic E-state index is 0. The molecule has 1 aromatic rings. The lowest BCUT2D eigenvalue weighted by Crippen LogP contribution is -2.57. The first-order valence-corrected chi connectivity index (χ1v) is 10.5. The van der Waals surface area contributed by atoms with E-state index >= 15 is 0 Å². The Kier molecular flexibility index (Phi) is 7.44. The van der Waals surface area contributed by atoms with Gasteiger partial charge in [-0.1, -0.05) is 0 Å². The minimum Gasteiger partial charge on any atom is -0.465 e. The van der Waals surface area contributed by atoms with E-state index in [1.165, 1.54) is 29.6 Å². The maximum absolute atomic E-state index is 13.1. The van der Waals surface area contributed by atoms with Crippen LogP contribution in [-0.2, 0) is 19.6 Å². The lowest BCUT2D eigenvalue weighted by Gasteiger charge is -2.40. The van der Waals surface area contributed by atoms with Crippen molar-refractivity contribution in [3.8, 4) is 0 Å². The monoisotopic (exact) mass is 431 g/mol. The largest absolute Gasteiger partial charge is 0.465 e. The molecule has 2 heterocycles. The van der Waals surface area contributed by atoms with Crippen LogP contribution in [-0.4, -0.2) is 75.4 Å². The molecular formula is C18H26ClN3O5S. The van der Waals surface area contributed by atoms with Crippen LogP contribution < -0.4 is 5.32 Å². The van der Waals surface area contributed by atoms with Crippen LogP contribution in [0.2, 0.25) is 0 Å². The summed E-state index contributed by atoms with van der Waals surface area (Å²) in [5.41, 5.74) is 0.896. The molecule has 1 aromatic carbocycles. The highest BCUT2D eigenvalue weighted by Gasteiger charge is 2.35. The first-order chi connectivity index (χ1) is 12.8. The van der Waals surface area contributed by atoms with Crippen molar-refractivity contribution >= 4 is 34.3 Å². The molecule has 1 amide bonds. The summed E-state index contributed by atoms with van der Waals surface area (Å²) >= 11 is 0. The highest BCUT2D eigenvalue weighted by atomic mass is 35.5. The highest BCUT2D eigenvalue weighted by Crippen LogP contribution is 2.25. The van der Waals surface area contributed by atoms with Crippen LogP contribution in [0.15, 0.2) is 23.1 Å². The molecule has 10 heteroatoms. The standard InChI is InChI=1S/C18H25N3O5S.ClH/c1-13-10-15(5-6-16(13)18(23)26-2)27(24,25)20-8-3-4-14(12-20)21-9-7-19-11-17(21)22;/h5-6,10,14,19H,3-4,7-9,11-12H2,1-2H3;1H. The van der Waals surface area contributed by atoms with Gasteiger partial charge in [0.25, 0.3) is 0 Å². The normalized spacial score (nSPS) is 21.1. The van der Waals surface area contributed by atoms with Crippen LogP contribution in [0.25, 0.3) is 0 Å². The predicted octanol–water partition coefficient (Wildman–Crippen LogP) is 0.788. The fourth-order valence-corrected chi connectivity index (χ4v) is 5.29. The molecule has 28 heavy (non-hydrogen) atoms. The van der Waals surface area contributed by atoms with E-state index in [4.69, 9.17) is 4.74 Å². The second-order valence-electron chi connectivity index (χ2n) is 6.89. The number of aryl methyl sites for hydroxylation is 1. The molecule has 0 aliphatic carbocycles. The number of methoxy groups -OCH3 is 1. The summed E-state index contributed by atoms with van der Waals surface area (Å²) in [7, 11) is -2.41. The van der Waals surface area contributed by atoms with Crippen LogP contribution in [0.3, 0.4) is 0 Å². The van der Waals surface area contributed by atoms with E-state index in [-0.39, 0.29) is 29.3 Å². The van der Waals surface area contributed by atoms with Crippen molar-refractivity contribution in [1.82, 2.24) is 14.5 Å². The van der Waals surface area contributed by atoms with Crippen LogP contribution in [0.5, 0.6) is 0 Å². The predicted molar refractivity (Wildman–Crippen MR) is 106 cm³/mol. The number of carbonyl (C=O) groups is 2. The Hall–Kier alpha value is -1.68. The van der Waals surface area contributed by atoms with E-state index in [0.29, 0.717) is 43.7 Å². The van der Waals surface area contributed by atoms with E-state index in [1.807, 2.05) is 0 Å². The van der Waals surface area contributed by atoms with Gasteiger partial charge in [-0.15, -0.1) is 12.4 Å². The van der Waals surface area contributed by atoms with Crippen LogP contribution in [0, 0.1) is 6.92 Å². The topological polar surface area (TPSA) is 96.0 Å². The van der Waals surface area contributed by atoms with Crippen molar-refractivity contribution in [2.75, 3.05) is 39.8 Å². The highest BCUT2D eigenvalue weighted by molar-refractivity contribution is 7.89. The van der Waals surface area contributed by atoms with Crippen molar-refractivity contribution < 1.29 is 22.7 Å². The third-order valence-corrected chi connectivity index (χ3v) is 7.03. The van der Waals surface area contributed by atoms with E-state index in [0.717, 1.165) is 13.0 Å². The van der Waals surface area contributed by atoms with Crippen molar-refractivity contribution in [1.29, 1.82) is 0 Å². The van der Waals surface area contributed by atoms with Crippen LogP contribution in [0.1, 0.15) is 28.8 Å². The van der Waals surface area contributed by atoms with Gasteiger partial charge in [0.2, 0.25) is 15.9 Å². The number of hydrogen-bond donors (Lipinski definition) is 1. The van der Waals surface area contributed by atoms with E-state index in [2.05, 4.69) is 5.32 Å². The molecule has 0 aromatic heterocycles. The Bertz CT molecular complexity index is 846. The number of carbonyl (C=O) groups excluding carboxylic acids is 2. The molecule has 2 aliphatic rings. The van der Waals surface area contributed by atoms with Gasteiger partial charge < -0.3 is 15.0 Å². The number of nitrogens with one attached hydrogen (secondary N) is 1. The lowest BCUT2D eigenvalue weighted by molar-refractivity contribution is -0.135. The summed E-state index contributed by atoms with van der Waals surface area (Å²) < 4.78 is 32.3. The first-order valence-electron chi connectivity index (χ1n) is 9.04. The second-order valence-corrected chi connectivity index (χ2v) is 8.83. The number of esters is 1. The molecule has 8 nitrogen and oxygen atoms in total. The Morgan fingerprint density at radius 3 is 2.68 bits per heavy atom. The van der Waals surface area contributed by atoms with Gasteiger partial charge in [0.1, 0.15) is 0 Å². The summed E-state index contributed by atoms with van der Waals surface area (Å²) in [6.07, 6.45) is 1.51. The molecule has 2 aliphatic heterocycles. The van der Waals surface area contributed by atoms with Gasteiger partial charge >= 0.3 is 5.97 Å². The number of rotatable bonds is 4. The lowest BCUT2D eigenvalue weighted by atomic mass is 10.1. The van der Waals surface area contributed by atoms with Gasteiger partial charge in [0, 0.05) is 32.2 Å². The Balaban J connectivity index is 0.00000280. The maximum Gasteiger partial charge on any atom is 0.338 e. The molecule has 3 rings (SSSR count). The molecule has 2 saturated heterocycles. The zero-order chi connectivity index (χ0) is 19.6. The van der Waals surface area contributed by atoms with Gasteiger partial charge in [-0.25, -0.2) is 13.2 Å². The van der Waals surface area contributed by atoms with Crippen molar-refractivity contribution in [3.63, 3.8) is 0 Å². The smallest absolute Gasteiger partial charge is 0.338 e. The van der Waals surface area contributed by atoms with Crippen molar-refractivity contribution in [2.24, 2.45) is 0 Å². The number of benzene rings is 1. The van der Waals surface area contributed by atoms with E-state index in [1.54, 1.807) is 11.8 Å². The summed E-state index contributed by atoms with van der Waals surface area (Å²) in [6.45, 7) is 4.04. The van der Waals surface area contributed by atoms with E-state index < -0.39 is 16.0 Å². The Morgan fingerprint density at radius 1 is 1.29 bits per heavy atom. The molecule has 1 N–H and O–H groups in total. The number of piperidine rings is 1. The van der Waals surface area contributed by atoms with Gasteiger partial charge in [-0.05, 0) is 43.5 Å². The average Bonchev–Trinajstić information content (AvgIpc) is 2.67. The maximum atomic E-state index is 13.1. The Morgan fingerprint density at radius 2 is 2.04 bits per heavy atom. The van der Waals surface area contributed by atoms with Crippen LogP contribution in [0.4, 0.5) is 0 Å². The molecule has 0 saturated carbocycles. The summed E-state index contributed by atoms with van der Waals surface area (Å²) in [4.78, 5) is 25.8. The third kappa shape index (κ3) is 4.48. The minimum atomic E-state index is -3.70. The zero-order valence-electron chi connectivity index (χ0n) is 16.0. The Labute approximate surface area is 171 Å². The van der Waals surface area contributed by atoms with Crippen LogP contribution >= 0.6 is 12.4 Å². The first kappa shape index (κ1) is 22.6. The molecular weight excluding hydrogens is 406 g/mol. The summed E-state index contributed by atoms with van der Waals surface area (Å²) in [5, 5.41) is 3.04. The summed E-state index contributed by atoms with van der Waals surface area (Å²) in [5.74, 6) is -0.476. The zero-order valence-corrected chi connectivity index (χ0v) is 17.6. The van der Waals surface area contributed by atoms with Crippen molar-refractivity contribution in [3.05, 3.63) is 29.3 Å². The number of amides is 1. The van der Waals surface area contributed by atoms with E-state index in [9.17, 15) is 18.0 Å². The van der Waals surface area contributed by atoms with Gasteiger partial charge in [0.05, 0.1) is 24.1 Å². The number of nitrogens with zero attached hydrogens (tertiary/aromatic N) is 2. The van der Waals surface area contributed by atoms with Gasteiger partial charge in [0.15, 0.2) is 0 Å². The molecule has 156 valence electrons. The number of sulfonamides is 1. The third-order valence-electron chi connectivity index (χ3n) is 5.17. The molecule has 0 spiro atoms. The van der Waals surface area contributed by atoms with Gasteiger partial charge in [-0.3, -0.25) is 4.79 Å². The quantitative estimate of drug-likeness (QED) is 0.708. The average molecular weight is 432 g/mol. The molecule has 1 atom stereocenters. The SMILES string of the molecule is COC(=O)c1ccc(S(=O)(=O)N2CCCC(N3CCNCC3=O)C2)cc1C.Cl. The number of hydrogen-bond acceptors (Lipinski definition) is 6. The molecule has 1 unspecified atom stereocenters. The van der Waals surface area contributed by atoms with Gasteiger partial charge in [-0.2, -0.15) is 4.31 Å². The number of ether oxygens (including phenoxy) is 1. The number of piperazine rings is 1. The molecule has 0 radical (unpaired) electrons. The number of halogens is 1. The second kappa shape index (κ2) is 9.21. The summed E-state index contributed by atoms with van der Waals surface area (Å²) in [6, 6.07) is 4.32. The van der Waals surface area contributed by atoms with Crippen molar-refractivity contribution in [2.45, 2.75) is 30.7 Å².